The van der Waals surface area contributed by atoms with Crippen LogP contribution in [0.1, 0.15) is 49.9 Å². The molecular formula is C66H48N2O. The molecule has 10 aromatic carbocycles. The van der Waals surface area contributed by atoms with E-state index in [1.54, 1.807) is 0 Å². The Morgan fingerprint density at radius 1 is 0.362 bits per heavy atom. The first-order valence-electron chi connectivity index (χ1n) is 24.2. The summed E-state index contributed by atoms with van der Waals surface area (Å²) < 4.78 is 8.76. The third-order valence-corrected chi connectivity index (χ3v) is 15.6. The van der Waals surface area contributed by atoms with Gasteiger partial charge >= 0.3 is 0 Å². The fourth-order valence-electron chi connectivity index (χ4n) is 12.1. The Morgan fingerprint density at radius 2 is 0.928 bits per heavy atom. The van der Waals surface area contributed by atoms with E-state index in [1.807, 2.05) is 12.1 Å². The van der Waals surface area contributed by atoms with Crippen molar-refractivity contribution < 1.29 is 4.42 Å². The van der Waals surface area contributed by atoms with Crippen LogP contribution in [0.2, 0.25) is 0 Å². The first-order chi connectivity index (χ1) is 33.7. The van der Waals surface area contributed by atoms with Crippen LogP contribution >= 0.6 is 0 Å². The average Bonchev–Trinajstić information content (AvgIpc) is 4.07. The normalized spacial score (nSPS) is 14.0. The molecule has 2 aromatic heterocycles. The van der Waals surface area contributed by atoms with E-state index in [0.29, 0.717) is 0 Å². The molecule has 0 radical (unpaired) electrons. The number of aromatic nitrogens is 1. The van der Waals surface area contributed by atoms with Gasteiger partial charge in [0.2, 0.25) is 0 Å². The SMILES string of the molecule is CC1(C)c2ccccc2-c2cc3c4cc(-c5ccc(N(c6ccc(-c7ccc8c(c7)oc7ccccc78)cc6)c6cccc7c6-c6ccccc6C7(C)C)cc5)ccc4n(-c4ccccc4)c3cc21. The minimum absolute atomic E-state index is 0.0918. The Hall–Kier alpha value is -8.40. The summed E-state index contributed by atoms with van der Waals surface area (Å²) in [4.78, 5) is 2.45. The highest BCUT2D eigenvalue weighted by Gasteiger charge is 2.38. The molecule has 69 heavy (non-hydrogen) atoms. The van der Waals surface area contributed by atoms with Gasteiger partial charge in [0.05, 0.1) is 16.7 Å². The van der Waals surface area contributed by atoms with Crippen molar-refractivity contribution in [3.05, 3.63) is 241 Å². The number of anilines is 3. The van der Waals surface area contributed by atoms with Crippen molar-refractivity contribution in [1.82, 2.24) is 4.57 Å². The lowest BCUT2D eigenvalue weighted by molar-refractivity contribution is 0.660. The fourth-order valence-corrected chi connectivity index (χ4v) is 12.1. The molecule has 0 atom stereocenters. The molecular weight excluding hydrogens is 837 g/mol. The van der Waals surface area contributed by atoms with Gasteiger partial charge in [-0.05, 0) is 146 Å². The van der Waals surface area contributed by atoms with Crippen molar-refractivity contribution in [3.8, 4) is 50.2 Å². The molecule has 12 aromatic rings. The molecule has 2 aliphatic carbocycles. The summed E-state index contributed by atoms with van der Waals surface area (Å²) in [5.41, 5.74) is 24.0. The van der Waals surface area contributed by atoms with Gasteiger partial charge in [-0.2, -0.15) is 0 Å². The predicted octanol–water partition coefficient (Wildman–Crippen LogP) is 18.1. The number of nitrogens with zero attached hydrogens (tertiary/aromatic N) is 2. The van der Waals surface area contributed by atoms with Crippen molar-refractivity contribution in [2.75, 3.05) is 4.90 Å². The number of furan rings is 1. The maximum Gasteiger partial charge on any atom is 0.136 e. The molecule has 0 fully saturated rings. The van der Waals surface area contributed by atoms with Gasteiger partial charge in [0.25, 0.3) is 0 Å². The number of rotatable bonds is 6. The highest BCUT2D eigenvalue weighted by atomic mass is 16.3. The van der Waals surface area contributed by atoms with Gasteiger partial charge in [-0.3, -0.25) is 0 Å². The van der Waals surface area contributed by atoms with E-state index >= 15 is 0 Å². The van der Waals surface area contributed by atoms with E-state index in [4.69, 9.17) is 4.42 Å². The van der Waals surface area contributed by atoms with Crippen LogP contribution in [0, 0.1) is 0 Å². The highest BCUT2D eigenvalue weighted by Crippen LogP contribution is 2.55. The van der Waals surface area contributed by atoms with Crippen LogP contribution in [0.5, 0.6) is 0 Å². The lowest BCUT2D eigenvalue weighted by Gasteiger charge is -2.29. The largest absolute Gasteiger partial charge is 0.456 e. The number of fused-ring (bicyclic) bond motifs is 12. The second-order valence-corrected chi connectivity index (χ2v) is 20.1. The summed E-state index contributed by atoms with van der Waals surface area (Å²) in [5, 5.41) is 4.81. The van der Waals surface area contributed by atoms with E-state index in [2.05, 4.69) is 243 Å². The van der Waals surface area contributed by atoms with E-state index in [9.17, 15) is 0 Å². The second-order valence-electron chi connectivity index (χ2n) is 20.1. The molecule has 0 saturated heterocycles. The molecule has 3 nitrogen and oxygen atoms in total. The molecule has 2 aliphatic rings. The first kappa shape index (κ1) is 39.7. The molecule has 2 heterocycles. The Labute approximate surface area is 402 Å². The molecule has 0 aliphatic heterocycles. The van der Waals surface area contributed by atoms with E-state index in [0.717, 1.165) is 44.4 Å². The van der Waals surface area contributed by atoms with Gasteiger partial charge in [0, 0.05) is 55.0 Å². The van der Waals surface area contributed by atoms with Crippen LogP contribution in [0.25, 0.3) is 93.9 Å². The Morgan fingerprint density at radius 3 is 1.68 bits per heavy atom. The zero-order valence-corrected chi connectivity index (χ0v) is 39.1. The van der Waals surface area contributed by atoms with Gasteiger partial charge in [-0.1, -0.05) is 161 Å². The maximum absolute atomic E-state index is 6.31. The molecule has 0 spiro atoms. The van der Waals surface area contributed by atoms with Crippen molar-refractivity contribution in [2.45, 2.75) is 38.5 Å². The molecule has 3 heteroatoms. The zero-order chi connectivity index (χ0) is 46.2. The summed E-state index contributed by atoms with van der Waals surface area (Å²) in [6.45, 7) is 9.45. The lowest BCUT2D eigenvalue weighted by atomic mass is 9.82. The van der Waals surface area contributed by atoms with Crippen LogP contribution < -0.4 is 4.90 Å². The topological polar surface area (TPSA) is 21.3 Å². The van der Waals surface area contributed by atoms with E-state index < -0.39 is 0 Å². The van der Waals surface area contributed by atoms with Crippen LogP contribution in [-0.4, -0.2) is 4.57 Å². The van der Waals surface area contributed by atoms with Crippen LogP contribution in [0.3, 0.4) is 0 Å². The van der Waals surface area contributed by atoms with Crippen molar-refractivity contribution in [3.63, 3.8) is 0 Å². The van der Waals surface area contributed by atoms with Gasteiger partial charge in [-0.25, -0.2) is 0 Å². The number of hydrogen-bond acceptors (Lipinski definition) is 2. The number of benzene rings is 10. The Bertz CT molecular complexity index is 4050. The predicted molar refractivity (Wildman–Crippen MR) is 289 cm³/mol. The zero-order valence-electron chi connectivity index (χ0n) is 39.1. The van der Waals surface area contributed by atoms with Gasteiger partial charge < -0.3 is 13.9 Å². The molecule has 0 saturated carbocycles. The van der Waals surface area contributed by atoms with Crippen LogP contribution in [0.4, 0.5) is 17.1 Å². The summed E-state index contributed by atoms with van der Waals surface area (Å²) in [5.74, 6) is 0. The average molecular weight is 885 g/mol. The molecule has 0 bridgehead atoms. The molecule has 0 N–H and O–H groups in total. The van der Waals surface area contributed by atoms with Crippen molar-refractivity contribution >= 4 is 60.8 Å². The fraction of sp³-hybridized carbons (Fsp3) is 0.0909. The van der Waals surface area contributed by atoms with Gasteiger partial charge in [0.1, 0.15) is 11.2 Å². The first-order valence-corrected chi connectivity index (χ1v) is 24.2. The monoisotopic (exact) mass is 884 g/mol. The minimum Gasteiger partial charge on any atom is -0.456 e. The standard InChI is InChI=1S/C66H48N2O/c1-65(2)56-21-12-9-19-51(56)64-57(65)22-14-23-60(64)67(47-33-27-42(28-34-47)44-29-35-50-49-18-10-13-24-62(49)69-63(50)38-44)46-31-25-41(26-32-46)43-30-36-59-53(37-43)54-39-52-48-17-8-11-20-55(48)66(3,4)58(52)40-61(54)68(59)45-15-6-5-7-16-45/h5-40H,1-4H3. The quantitative estimate of drug-likeness (QED) is 0.166. The molecule has 0 unspecified atom stereocenters. The van der Waals surface area contributed by atoms with E-state index in [1.165, 1.54) is 88.8 Å². The summed E-state index contributed by atoms with van der Waals surface area (Å²) >= 11 is 0. The van der Waals surface area contributed by atoms with Gasteiger partial charge in [0.15, 0.2) is 0 Å². The summed E-state index contributed by atoms with van der Waals surface area (Å²) in [6.07, 6.45) is 0. The molecule has 0 amide bonds. The van der Waals surface area contributed by atoms with Crippen LogP contribution in [0.15, 0.2) is 223 Å². The van der Waals surface area contributed by atoms with E-state index in [-0.39, 0.29) is 10.8 Å². The smallest absolute Gasteiger partial charge is 0.136 e. The highest BCUT2D eigenvalue weighted by molar-refractivity contribution is 6.13. The minimum atomic E-state index is -0.126. The third kappa shape index (κ3) is 5.80. The third-order valence-electron chi connectivity index (χ3n) is 15.6. The van der Waals surface area contributed by atoms with Crippen molar-refractivity contribution in [1.29, 1.82) is 0 Å². The summed E-state index contributed by atoms with van der Waals surface area (Å²) in [6, 6.07) is 80.6. The number of para-hydroxylation sites is 2. The van der Waals surface area contributed by atoms with Crippen LogP contribution in [-0.2, 0) is 10.8 Å². The Balaban J connectivity index is 0.899. The molecule has 14 rings (SSSR count). The summed E-state index contributed by atoms with van der Waals surface area (Å²) in [7, 11) is 0. The van der Waals surface area contributed by atoms with Gasteiger partial charge in [-0.15, -0.1) is 0 Å². The Kier molecular flexibility index (Phi) is 8.38. The second kappa shape index (κ2) is 14.6. The lowest BCUT2D eigenvalue weighted by Crippen LogP contribution is -2.16. The maximum atomic E-state index is 6.31. The molecule has 328 valence electrons. The van der Waals surface area contributed by atoms with Crippen molar-refractivity contribution in [2.24, 2.45) is 0 Å². The number of hydrogen-bond donors (Lipinski definition) is 0.